The molecule has 4 rings (SSSR count). The van der Waals surface area contributed by atoms with E-state index in [4.69, 9.17) is 0 Å². The number of aromatic nitrogens is 3. The smallest absolute Gasteiger partial charge is 0.255 e. The highest BCUT2D eigenvalue weighted by Gasteiger charge is 2.15. The lowest BCUT2D eigenvalue weighted by molar-refractivity contribution is 0.657. The molecule has 0 fully saturated rings. The van der Waals surface area contributed by atoms with E-state index in [1.807, 2.05) is 18.2 Å². The molecule has 6 heteroatoms. The van der Waals surface area contributed by atoms with Gasteiger partial charge in [0.1, 0.15) is 5.01 Å². The van der Waals surface area contributed by atoms with Crippen LogP contribution in [0.15, 0.2) is 40.5 Å². The summed E-state index contributed by atoms with van der Waals surface area (Å²) in [6, 6.07) is 10.2. The Hall–Kier alpha value is -2.47. The Bertz CT molecular complexity index is 917. The third-order valence-electron chi connectivity index (χ3n) is 4.44. The Morgan fingerprint density at radius 2 is 1.96 bits per heavy atom. The monoisotopic (exact) mass is 352 g/mol. The number of benzene rings is 1. The van der Waals surface area contributed by atoms with Gasteiger partial charge in [0.25, 0.3) is 5.56 Å². The first kappa shape index (κ1) is 16.0. The van der Waals surface area contributed by atoms with E-state index in [0.717, 1.165) is 59.6 Å². The van der Waals surface area contributed by atoms with E-state index in [0.29, 0.717) is 12.5 Å². The number of anilines is 1. The second-order valence-corrected chi connectivity index (χ2v) is 7.09. The molecule has 0 radical (unpaired) electrons. The number of aromatic amines is 1. The first-order chi connectivity index (χ1) is 12.3. The van der Waals surface area contributed by atoms with Crippen molar-refractivity contribution in [3.05, 3.63) is 63.0 Å². The molecular weight excluding hydrogens is 332 g/mol. The van der Waals surface area contributed by atoms with Crippen molar-refractivity contribution in [2.75, 3.05) is 11.9 Å². The number of nitrogens with one attached hydrogen (secondary N) is 2. The predicted molar refractivity (Wildman–Crippen MR) is 101 cm³/mol. The van der Waals surface area contributed by atoms with Crippen molar-refractivity contribution < 1.29 is 0 Å². The van der Waals surface area contributed by atoms with Crippen LogP contribution in [0.5, 0.6) is 0 Å². The van der Waals surface area contributed by atoms with Gasteiger partial charge in [-0.3, -0.25) is 9.78 Å². The van der Waals surface area contributed by atoms with Gasteiger partial charge in [0.15, 0.2) is 0 Å². The second-order valence-electron chi connectivity index (χ2n) is 6.23. The van der Waals surface area contributed by atoms with Crippen LogP contribution in [-0.2, 0) is 19.3 Å². The third-order valence-corrected chi connectivity index (χ3v) is 5.38. The number of H-pyrrole nitrogens is 1. The number of rotatable bonds is 5. The Morgan fingerprint density at radius 1 is 1.12 bits per heavy atom. The highest BCUT2D eigenvalue weighted by atomic mass is 32.1. The van der Waals surface area contributed by atoms with E-state index >= 15 is 0 Å². The minimum Gasteiger partial charge on any atom is -0.355 e. The predicted octanol–water partition coefficient (Wildman–Crippen LogP) is 3.43. The number of hydrogen-bond acceptors (Lipinski definition) is 5. The van der Waals surface area contributed by atoms with Crippen molar-refractivity contribution in [2.45, 2.75) is 32.1 Å². The van der Waals surface area contributed by atoms with E-state index in [-0.39, 0.29) is 5.56 Å². The quantitative estimate of drug-likeness (QED) is 0.738. The summed E-state index contributed by atoms with van der Waals surface area (Å²) in [7, 11) is 0. The zero-order valence-corrected chi connectivity index (χ0v) is 14.7. The first-order valence-corrected chi connectivity index (χ1v) is 9.53. The van der Waals surface area contributed by atoms with Crippen LogP contribution in [0.25, 0.3) is 10.6 Å². The fourth-order valence-corrected chi connectivity index (χ4v) is 3.99. The Kier molecular flexibility index (Phi) is 4.61. The fourth-order valence-electron chi connectivity index (χ4n) is 3.13. The molecular formula is C19H20N4OS. The number of aryl methyl sites for hydroxylation is 1. The van der Waals surface area contributed by atoms with E-state index in [1.165, 1.54) is 0 Å². The van der Waals surface area contributed by atoms with Crippen LogP contribution in [0, 0.1) is 0 Å². The van der Waals surface area contributed by atoms with Crippen LogP contribution in [0.3, 0.4) is 0 Å². The molecule has 1 aromatic carbocycles. The zero-order valence-electron chi connectivity index (χ0n) is 13.9. The van der Waals surface area contributed by atoms with Crippen molar-refractivity contribution in [2.24, 2.45) is 0 Å². The molecule has 0 saturated heterocycles. The molecule has 2 heterocycles. The number of fused-ring (bicyclic) bond motifs is 1. The summed E-state index contributed by atoms with van der Waals surface area (Å²) in [6.07, 6.45) is 4.74. The van der Waals surface area contributed by atoms with Crippen molar-refractivity contribution in [3.8, 4) is 10.6 Å². The molecule has 128 valence electrons. The zero-order chi connectivity index (χ0) is 17.1. The minimum atomic E-state index is 0.00669. The van der Waals surface area contributed by atoms with E-state index in [1.54, 1.807) is 11.3 Å². The molecule has 5 nitrogen and oxygen atoms in total. The summed E-state index contributed by atoms with van der Waals surface area (Å²) >= 11 is 1.66. The van der Waals surface area contributed by atoms with Crippen molar-refractivity contribution in [1.82, 2.24) is 15.0 Å². The lowest BCUT2D eigenvalue weighted by atomic mass is 9.97. The van der Waals surface area contributed by atoms with Crippen molar-refractivity contribution in [3.63, 3.8) is 0 Å². The fraction of sp³-hybridized carbons (Fsp3) is 0.316. The maximum Gasteiger partial charge on any atom is 0.255 e. The van der Waals surface area contributed by atoms with Crippen LogP contribution in [0.1, 0.15) is 29.8 Å². The van der Waals surface area contributed by atoms with E-state index < -0.39 is 0 Å². The molecule has 3 aromatic rings. The number of nitrogens with zero attached hydrogens (tertiary/aromatic N) is 2. The molecule has 25 heavy (non-hydrogen) atoms. The van der Waals surface area contributed by atoms with Gasteiger partial charge >= 0.3 is 0 Å². The maximum atomic E-state index is 12.1. The number of hydrogen-bond donors (Lipinski definition) is 2. The van der Waals surface area contributed by atoms with Gasteiger partial charge in [-0.05, 0) is 25.7 Å². The van der Waals surface area contributed by atoms with Crippen LogP contribution < -0.4 is 10.9 Å². The SMILES string of the molecule is O=c1[nH]c(NCCc2csc(-c3ccccc3)n2)nc2c1CCCC2. The second kappa shape index (κ2) is 7.19. The van der Waals surface area contributed by atoms with Gasteiger partial charge < -0.3 is 5.32 Å². The van der Waals surface area contributed by atoms with Crippen molar-refractivity contribution >= 4 is 17.3 Å². The molecule has 0 atom stereocenters. The highest BCUT2D eigenvalue weighted by Crippen LogP contribution is 2.23. The topological polar surface area (TPSA) is 70.7 Å². The number of thiazole rings is 1. The Balaban J connectivity index is 1.39. The standard InChI is InChI=1S/C19H20N4OS/c24-17-15-8-4-5-9-16(15)22-19(23-17)20-11-10-14-12-25-18(21-14)13-6-2-1-3-7-13/h1-3,6-7,12H,4-5,8-11H2,(H2,20,22,23,24). The molecule has 1 aliphatic carbocycles. The van der Waals surface area contributed by atoms with Gasteiger partial charge in [-0.15, -0.1) is 11.3 Å². The summed E-state index contributed by atoms with van der Waals surface area (Å²) in [6.45, 7) is 0.694. The van der Waals surface area contributed by atoms with Gasteiger partial charge in [0.2, 0.25) is 5.95 Å². The summed E-state index contributed by atoms with van der Waals surface area (Å²) in [5.41, 5.74) is 4.03. The van der Waals surface area contributed by atoms with Crippen LogP contribution in [0.2, 0.25) is 0 Å². The summed E-state index contributed by atoms with van der Waals surface area (Å²) in [4.78, 5) is 24.2. The molecule has 0 amide bonds. The Labute approximate surface area is 150 Å². The molecule has 0 bridgehead atoms. The summed E-state index contributed by atoms with van der Waals surface area (Å²) in [5, 5.41) is 6.36. The molecule has 0 unspecified atom stereocenters. The van der Waals surface area contributed by atoms with E-state index in [2.05, 4.69) is 37.8 Å². The van der Waals surface area contributed by atoms with Gasteiger partial charge in [0.05, 0.1) is 11.4 Å². The molecule has 0 aliphatic heterocycles. The van der Waals surface area contributed by atoms with Gasteiger partial charge in [-0.1, -0.05) is 30.3 Å². The van der Waals surface area contributed by atoms with Crippen LogP contribution in [-0.4, -0.2) is 21.5 Å². The lowest BCUT2D eigenvalue weighted by Gasteiger charge is -2.14. The average Bonchev–Trinajstić information content (AvgIpc) is 3.12. The third kappa shape index (κ3) is 3.64. The molecule has 1 aliphatic rings. The van der Waals surface area contributed by atoms with Gasteiger partial charge in [-0.25, -0.2) is 9.97 Å². The first-order valence-electron chi connectivity index (χ1n) is 8.65. The largest absolute Gasteiger partial charge is 0.355 e. The molecule has 2 N–H and O–H groups in total. The lowest BCUT2D eigenvalue weighted by Crippen LogP contribution is -2.23. The normalized spacial score (nSPS) is 13.4. The molecule has 0 spiro atoms. The minimum absolute atomic E-state index is 0.00669. The molecule has 2 aromatic heterocycles. The Morgan fingerprint density at radius 3 is 2.84 bits per heavy atom. The van der Waals surface area contributed by atoms with Crippen LogP contribution >= 0.6 is 11.3 Å². The van der Waals surface area contributed by atoms with Crippen LogP contribution in [0.4, 0.5) is 5.95 Å². The maximum absolute atomic E-state index is 12.1. The van der Waals surface area contributed by atoms with Gasteiger partial charge in [-0.2, -0.15) is 0 Å². The summed E-state index contributed by atoms with van der Waals surface area (Å²) in [5.74, 6) is 0.573. The molecule has 0 saturated carbocycles. The highest BCUT2D eigenvalue weighted by molar-refractivity contribution is 7.13. The summed E-state index contributed by atoms with van der Waals surface area (Å²) < 4.78 is 0. The average molecular weight is 352 g/mol. The van der Waals surface area contributed by atoms with Crippen molar-refractivity contribution in [1.29, 1.82) is 0 Å². The van der Waals surface area contributed by atoms with Gasteiger partial charge in [0, 0.05) is 29.5 Å². The van der Waals surface area contributed by atoms with E-state index in [9.17, 15) is 4.79 Å².